The molecule has 1 spiro atoms. The number of nitrogens with zero attached hydrogens (tertiary/aromatic N) is 1. The first-order chi connectivity index (χ1) is 12.8. The van der Waals surface area contributed by atoms with E-state index >= 15 is 0 Å². The lowest BCUT2D eigenvalue weighted by molar-refractivity contribution is 0.395. The van der Waals surface area contributed by atoms with Gasteiger partial charge in [-0.15, -0.1) is 0 Å². The molecule has 0 atom stereocenters. The second-order valence-electron chi connectivity index (χ2n) is 8.41. The minimum atomic E-state index is 0.0190. The number of benzene rings is 2. The molecule has 3 heteroatoms. The number of amidine groups is 1. The first kappa shape index (κ1) is 16.2. The number of aliphatic imine (C=N–C) groups is 1. The van der Waals surface area contributed by atoms with Gasteiger partial charge in [-0.05, 0) is 48.6 Å². The summed E-state index contributed by atoms with van der Waals surface area (Å²) in [6, 6.07) is 13.7. The van der Waals surface area contributed by atoms with Gasteiger partial charge < -0.3 is 10.6 Å². The van der Waals surface area contributed by atoms with Gasteiger partial charge in [-0.2, -0.15) is 0 Å². The van der Waals surface area contributed by atoms with Crippen molar-refractivity contribution in [3.05, 3.63) is 36.4 Å². The van der Waals surface area contributed by atoms with Crippen LogP contribution in [0.5, 0.6) is 0 Å². The van der Waals surface area contributed by atoms with Crippen molar-refractivity contribution in [1.82, 2.24) is 0 Å². The zero-order chi connectivity index (χ0) is 17.4. The van der Waals surface area contributed by atoms with E-state index in [-0.39, 0.29) is 5.54 Å². The van der Waals surface area contributed by atoms with E-state index in [0.717, 1.165) is 0 Å². The van der Waals surface area contributed by atoms with E-state index in [9.17, 15) is 0 Å². The fourth-order valence-corrected chi connectivity index (χ4v) is 5.08. The Morgan fingerprint density at radius 1 is 0.808 bits per heavy atom. The normalized spacial score (nSPS) is 24.2. The van der Waals surface area contributed by atoms with Crippen LogP contribution in [0.3, 0.4) is 0 Å². The van der Waals surface area contributed by atoms with Crippen LogP contribution in [-0.4, -0.2) is 17.4 Å². The lowest BCUT2D eigenvalue weighted by atomic mass is 9.78. The zero-order valence-electron chi connectivity index (χ0n) is 15.6. The number of nitrogens with one attached hydrogen (secondary N) is 2. The molecule has 0 amide bonds. The third kappa shape index (κ3) is 2.87. The Morgan fingerprint density at radius 2 is 1.46 bits per heavy atom. The Balaban J connectivity index is 1.56. The maximum Gasteiger partial charge on any atom is 0.127 e. The minimum Gasteiger partial charge on any atom is -0.371 e. The Hall–Kier alpha value is -2.03. The van der Waals surface area contributed by atoms with Crippen molar-refractivity contribution in [3.8, 4) is 0 Å². The molecule has 0 unspecified atom stereocenters. The van der Waals surface area contributed by atoms with Crippen LogP contribution in [0.15, 0.2) is 41.4 Å². The van der Waals surface area contributed by atoms with Crippen LogP contribution in [0.25, 0.3) is 10.8 Å². The summed E-state index contributed by atoms with van der Waals surface area (Å²) in [4.78, 5) is 5.29. The molecule has 2 saturated carbocycles. The van der Waals surface area contributed by atoms with E-state index in [1.165, 1.54) is 92.2 Å². The topological polar surface area (TPSA) is 36.4 Å². The highest BCUT2D eigenvalue weighted by atomic mass is 15.2. The number of rotatable bonds is 1. The molecule has 3 aliphatic rings. The van der Waals surface area contributed by atoms with Gasteiger partial charge in [0.25, 0.3) is 0 Å². The first-order valence-electron chi connectivity index (χ1n) is 10.5. The highest BCUT2D eigenvalue weighted by molar-refractivity contribution is 6.11. The fraction of sp³-hybridized carbons (Fsp3) is 0.522. The monoisotopic (exact) mass is 347 g/mol. The van der Waals surface area contributed by atoms with E-state index < -0.39 is 0 Å². The van der Waals surface area contributed by atoms with Crippen molar-refractivity contribution >= 4 is 28.0 Å². The molecular formula is C23H29N3. The SMILES string of the molecule is c1ccc2cc3c(cc2c1)NC(=NC1CCCCC1)C1(CCCCC1)N3. The molecule has 0 bridgehead atoms. The van der Waals surface area contributed by atoms with Gasteiger partial charge >= 0.3 is 0 Å². The summed E-state index contributed by atoms with van der Waals surface area (Å²) in [5.41, 5.74) is 2.45. The Kier molecular flexibility index (Phi) is 4.11. The van der Waals surface area contributed by atoms with E-state index in [2.05, 4.69) is 47.0 Å². The van der Waals surface area contributed by atoms with Crippen molar-refractivity contribution in [1.29, 1.82) is 0 Å². The first-order valence-corrected chi connectivity index (χ1v) is 10.5. The number of anilines is 2. The van der Waals surface area contributed by atoms with Crippen molar-refractivity contribution in [2.24, 2.45) is 4.99 Å². The van der Waals surface area contributed by atoms with Gasteiger partial charge in [-0.1, -0.05) is 62.8 Å². The fourth-order valence-electron chi connectivity index (χ4n) is 5.08. The molecule has 2 aromatic carbocycles. The summed E-state index contributed by atoms with van der Waals surface area (Å²) in [6.45, 7) is 0. The molecule has 2 fully saturated rings. The van der Waals surface area contributed by atoms with Crippen LogP contribution >= 0.6 is 0 Å². The van der Waals surface area contributed by atoms with Crippen molar-refractivity contribution in [3.63, 3.8) is 0 Å². The maximum atomic E-state index is 5.29. The molecule has 26 heavy (non-hydrogen) atoms. The van der Waals surface area contributed by atoms with Crippen molar-refractivity contribution < 1.29 is 0 Å². The van der Waals surface area contributed by atoms with Crippen LogP contribution in [0.4, 0.5) is 11.4 Å². The summed E-state index contributed by atoms with van der Waals surface area (Å²) in [6.07, 6.45) is 12.9. The predicted molar refractivity (Wildman–Crippen MR) is 111 cm³/mol. The van der Waals surface area contributed by atoms with Gasteiger partial charge in [0.05, 0.1) is 23.0 Å². The zero-order valence-corrected chi connectivity index (χ0v) is 15.6. The van der Waals surface area contributed by atoms with Gasteiger partial charge in [0.1, 0.15) is 5.84 Å². The van der Waals surface area contributed by atoms with Crippen LogP contribution in [0, 0.1) is 0 Å². The molecule has 0 saturated heterocycles. The van der Waals surface area contributed by atoms with Crippen LogP contribution in [0.2, 0.25) is 0 Å². The van der Waals surface area contributed by atoms with Crippen molar-refractivity contribution in [2.75, 3.05) is 10.6 Å². The summed E-state index contributed by atoms with van der Waals surface area (Å²) in [5.74, 6) is 1.21. The standard InChI is InChI=1S/C23H29N3/c1-3-11-19(12-4-1)24-22-23(13-7-2-8-14-23)26-21-16-18-10-6-5-9-17(18)15-20(21)25-22/h5-6,9-10,15-16,19,26H,1-4,7-8,11-14H2,(H,24,25). The molecule has 3 nitrogen and oxygen atoms in total. The second kappa shape index (κ2) is 6.61. The average Bonchev–Trinajstić information content (AvgIpc) is 2.69. The number of hydrogen-bond acceptors (Lipinski definition) is 2. The smallest absolute Gasteiger partial charge is 0.127 e. The van der Waals surface area contributed by atoms with Crippen LogP contribution < -0.4 is 10.6 Å². The highest BCUT2D eigenvalue weighted by Crippen LogP contribution is 2.41. The molecule has 5 rings (SSSR count). The molecule has 1 aliphatic heterocycles. The molecule has 1 heterocycles. The third-order valence-corrected chi connectivity index (χ3v) is 6.56. The molecule has 0 aromatic heterocycles. The van der Waals surface area contributed by atoms with Gasteiger partial charge in [0, 0.05) is 0 Å². The molecule has 2 aliphatic carbocycles. The quantitative estimate of drug-likeness (QED) is 0.653. The summed E-state index contributed by atoms with van der Waals surface area (Å²) in [7, 11) is 0. The minimum absolute atomic E-state index is 0.0190. The van der Waals surface area contributed by atoms with E-state index in [0.29, 0.717) is 6.04 Å². The Morgan fingerprint density at radius 3 is 2.19 bits per heavy atom. The molecule has 0 radical (unpaired) electrons. The second-order valence-corrected chi connectivity index (χ2v) is 8.41. The van der Waals surface area contributed by atoms with Gasteiger partial charge in [0.2, 0.25) is 0 Å². The molecule has 2 N–H and O–H groups in total. The predicted octanol–water partition coefficient (Wildman–Crippen LogP) is 6.11. The maximum absolute atomic E-state index is 5.29. The third-order valence-electron chi connectivity index (χ3n) is 6.56. The molecule has 2 aromatic rings. The largest absolute Gasteiger partial charge is 0.371 e. The van der Waals surface area contributed by atoms with E-state index in [4.69, 9.17) is 4.99 Å². The van der Waals surface area contributed by atoms with E-state index in [1.54, 1.807) is 0 Å². The van der Waals surface area contributed by atoms with Crippen LogP contribution in [0.1, 0.15) is 64.2 Å². The summed E-state index contributed by atoms with van der Waals surface area (Å²) < 4.78 is 0. The summed E-state index contributed by atoms with van der Waals surface area (Å²) in [5, 5.41) is 10.3. The molecule has 136 valence electrons. The Labute approximate surface area is 156 Å². The average molecular weight is 348 g/mol. The Bertz CT molecular complexity index is 826. The van der Waals surface area contributed by atoms with Crippen molar-refractivity contribution in [2.45, 2.75) is 75.8 Å². The van der Waals surface area contributed by atoms with Gasteiger partial charge in [-0.25, -0.2) is 0 Å². The summed E-state index contributed by atoms with van der Waals surface area (Å²) >= 11 is 0. The highest BCUT2D eigenvalue weighted by Gasteiger charge is 2.41. The lowest BCUT2D eigenvalue weighted by Gasteiger charge is -2.44. The van der Waals surface area contributed by atoms with Gasteiger partial charge in [-0.3, -0.25) is 4.99 Å². The number of hydrogen-bond donors (Lipinski definition) is 2. The number of fused-ring (bicyclic) bond motifs is 2. The molecular weight excluding hydrogens is 318 g/mol. The van der Waals surface area contributed by atoms with Crippen LogP contribution in [-0.2, 0) is 0 Å². The van der Waals surface area contributed by atoms with Gasteiger partial charge in [0.15, 0.2) is 0 Å². The lowest BCUT2D eigenvalue weighted by Crippen LogP contribution is -2.54. The van der Waals surface area contributed by atoms with E-state index in [1.807, 2.05) is 0 Å².